The average Bonchev–Trinajstić information content (AvgIpc) is 3.39. The summed E-state index contributed by atoms with van der Waals surface area (Å²) in [6.45, 7) is 4.14. The van der Waals surface area contributed by atoms with Gasteiger partial charge in [-0.2, -0.15) is 13.5 Å². The van der Waals surface area contributed by atoms with Crippen molar-refractivity contribution in [2.45, 2.75) is 18.7 Å². The lowest BCUT2D eigenvalue weighted by Crippen LogP contribution is -2.10. The molecule has 39 heavy (non-hydrogen) atoms. The SMILES string of the molecule is CCOc1cc(C=Nc2cc(-c3ccc(C)cc3)nn2-c2ccccc2)c#cc1OS(=O)(=O)c1ccccc1. The number of ether oxygens (including phenoxy) is 1. The summed E-state index contributed by atoms with van der Waals surface area (Å²) in [5, 5.41) is 4.80. The van der Waals surface area contributed by atoms with E-state index in [1.54, 1.807) is 42.1 Å². The van der Waals surface area contributed by atoms with Crippen LogP contribution in [-0.2, 0) is 10.1 Å². The monoisotopic (exact) mass is 535 g/mol. The molecule has 1 heterocycles. The molecular formula is C31H25N3O4S. The molecule has 0 saturated heterocycles. The van der Waals surface area contributed by atoms with Gasteiger partial charge >= 0.3 is 10.1 Å². The third kappa shape index (κ3) is 6.00. The van der Waals surface area contributed by atoms with Gasteiger partial charge in [0, 0.05) is 29.5 Å². The van der Waals surface area contributed by atoms with Gasteiger partial charge in [-0.15, -0.1) is 0 Å². The molecule has 0 bridgehead atoms. The van der Waals surface area contributed by atoms with E-state index < -0.39 is 10.1 Å². The van der Waals surface area contributed by atoms with Gasteiger partial charge < -0.3 is 8.92 Å². The molecule has 0 aliphatic rings. The van der Waals surface area contributed by atoms with Crippen LogP contribution in [-0.4, -0.2) is 31.0 Å². The number of para-hydroxylation sites is 1. The van der Waals surface area contributed by atoms with Gasteiger partial charge in [0.25, 0.3) is 0 Å². The molecule has 194 valence electrons. The minimum atomic E-state index is -4.06. The van der Waals surface area contributed by atoms with Crippen molar-refractivity contribution < 1.29 is 17.3 Å². The highest BCUT2D eigenvalue weighted by molar-refractivity contribution is 7.87. The Balaban J connectivity index is 1.47. The van der Waals surface area contributed by atoms with Gasteiger partial charge in [0.2, 0.25) is 5.75 Å². The number of hydrogen-bond donors (Lipinski definition) is 0. The maximum Gasteiger partial charge on any atom is 0.339 e. The normalized spacial score (nSPS) is 11.3. The number of nitrogens with zero attached hydrogens (tertiary/aromatic N) is 3. The summed E-state index contributed by atoms with van der Waals surface area (Å²) >= 11 is 0. The zero-order valence-electron chi connectivity index (χ0n) is 21.4. The van der Waals surface area contributed by atoms with E-state index in [1.165, 1.54) is 17.7 Å². The van der Waals surface area contributed by atoms with Gasteiger partial charge in [-0.3, -0.25) is 0 Å². The zero-order chi connectivity index (χ0) is 27.2. The van der Waals surface area contributed by atoms with Crippen LogP contribution in [0.1, 0.15) is 18.1 Å². The Bertz CT molecular complexity index is 1700. The summed E-state index contributed by atoms with van der Waals surface area (Å²) in [7, 11) is -4.06. The zero-order valence-corrected chi connectivity index (χ0v) is 22.2. The molecule has 0 fully saturated rings. The summed E-state index contributed by atoms with van der Waals surface area (Å²) in [5.41, 5.74) is 4.32. The van der Waals surface area contributed by atoms with Crippen molar-refractivity contribution in [2.75, 3.05) is 6.61 Å². The Morgan fingerprint density at radius 3 is 2.31 bits per heavy atom. The molecule has 5 rings (SSSR count). The summed E-state index contributed by atoms with van der Waals surface area (Å²) < 4.78 is 38.2. The van der Waals surface area contributed by atoms with E-state index in [2.05, 4.69) is 17.1 Å². The molecule has 4 aromatic carbocycles. The van der Waals surface area contributed by atoms with Crippen LogP contribution >= 0.6 is 0 Å². The first-order chi connectivity index (χ1) is 18.9. The van der Waals surface area contributed by atoms with E-state index in [1.807, 2.05) is 67.6 Å². The molecule has 0 atom stereocenters. The van der Waals surface area contributed by atoms with Crippen LogP contribution in [0.15, 0.2) is 107 Å². The van der Waals surface area contributed by atoms with Gasteiger partial charge in [-0.25, -0.2) is 9.67 Å². The second kappa shape index (κ2) is 11.3. The second-order valence-electron chi connectivity index (χ2n) is 8.59. The molecule has 0 unspecified atom stereocenters. The van der Waals surface area contributed by atoms with Gasteiger partial charge in [0.15, 0.2) is 11.6 Å². The number of aromatic nitrogens is 2. The van der Waals surface area contributed by atoms with Gasteiger partial charge in [-0.05, 0) is 44.2 Å². The van der Waals surface area contributed by atoms with Crippen molar-refractivity contribution >= 4 is 22.2 Å². The maximum absolute atomic E-state index is 12.7. The number of aryl methyl sites for hydroxylation is 1. The topological polar surface area (TPSA) is 82.8 Å². The molecule has 0 aliphatic heterocycles. The largest absolute Gasteiger partial charge is 0.489 e. The summed E-state index contributed by atoms with van der Waals surface area (Å²) in [6, 6.07) is 35.0. The van der Waals surface area contributed by atoms with Crippen molar-refractivity contribution in [1.29, 1.82) is 0 Å². The Kier molecular flexibility index (Phi) is 7.43. The molecule has 5 aromatic rings. The second-order valence-corrected chi connectivity index (χ2v) is 10.1. The fourth-order valence-electron chi connectivity index (χ4n) is 3.80. The van der Waals surface area contributed by atoms with Crippen LogP contribution in [0.5, 0.6) is 11.5 Å². The predicted molar refractivity (Wildman–Crippen MR) is 151 cm³/mol. The maximum atomic E-state index is 12.7. The lowest BCUT2D eigenvalue weighted by Gasteiger charge is -2.10. The summed E-state index contributed by atoms with van der Waals surface area (Å²) in [6.07, 6.45) is 1.60. The van der Waals surface area contributed by atoms with Crippen LogP contribution < -0.4 is 8.92 Å². The number of benzene rings is 3. The van der Waals surface area contributed by atoms with Gasteiger partial charge in [0.05, 0.1) is 18.0 Å². The molecule has 0 radical (unpaired) electrons. The van der Waals surface area contributed by atoms with Crippen LogP contribution in [0.4, 0.5) is 5.82 Å². The van der Waals surface area contributed by atoms with E-state index in [0.29, 0.717) is 18.0 Å². The van der Waals surface area contributed by atoms with Crippen molar-refractivity contribution in [1.82, 2.24) is 9.78 Å². The first-order valence-corrected chi connectivity index (χ1v) is 13.7. The highest BCUT2D eigenvalue weighted by Crippen LogP contribution is 2.30. The Morgan fingerprint density at radius 1 is 0.923 bits per heavy atom. The Morgan fingerprint density at radius 2 is 1.62 bits per heavy atom. The minimum Gasteiger partial charge on any atom is -0.489 e. The number of aliphatic imine (C=N–C) groups is 1. The number of rotatable bonds is 9. The Hall–Kier alpha value is -4.87. The molecule has 0 aliphatic carbocycles. The molecular weight excluding hydrogens is 510 g/mol. The molecule has 0 spiro atoms. The molecule has 0 amide bonds. The van der Waals surface area contributed by atoms with E-state index >= 15 is 0 Å². The minimum absolute atomic E-state index is 0.0324. The summed E-state index contributed by atoms with van der Waals surface area (Å²) in [5.74, 6) is 0.748. The van der Waals surface area contributed by atoms with Crippen LogP contribution in [0.3, 0.4) is 0 Å². The van der Waals surface area contributed by atoms with Crippen molar-refractivity contribution in [3.8, 4) is 28.4 Å². The molecule has 1 aromatic heterocycles. The van der Waals surface area contributed by atoms with E-state index in [-0.39, 0.29) is 16.4 Å². The third-order valence-corrected chi connectivity index (χ3v) is 6.97. The average molecular weight is 536 g/mol. The molecule has 0 saturated carbocycles. The highest BCUT2D eigenvalue weighted by atomic mass is 32.2. The fraction of sp³-hybridized carbons (Fsp3) is 0.0968. The molecule has 8 heteroatoms. The highest BCUT2D eigenvalue weighted by Gasteiger charge is 2.19. The van der Waals surface area contributed by atoms with Crippen molar-refractivity contribution in [3.05, 3.63) is 120 Å². The molecule has 7 nitrogen and oxygen atoms in total. The quantitative estimate of drug-likeness (QED) is 0.162. The first-order valence-electron chi connectivity index (χ1n) is 12.3. The fourth-order valence-corrected chi connectivity index (χ4v) is 4.73. The number of hydrogen-bond acceptors (Lipinski definition) is 6. The van der Waals surface area contributed by atoms with Crippen molar-refractivity contribution in [3.63, 3.8) is 0 Å². The van der Waals surface area contributed by atoms with Crippen molar-refractivity contribution in [2.24, 2.45) is 4.99 Å². The van der Waals surface area contributed by atoms with Crippen LogP contribution in [0.2, 0.25) is 0 Å². The van der Waals surface area contributed by atoms with Gasteiger partial charge in [0.1, 0.15) is 4.90 Å². The Labute approximate surface area is 228 Å². The van der Waals surface area contributed by atoms with Crippen LogP contribution in [0, 0.1) is 19.1 Å². The lowest BCUT2D eigenvalue weighted by molar-refractivity contribution is 0.327. The third-order valence-electron chi connectivity index (χ3n) is 5.73. The standard InChI is InChI=1S/C31H25N3O4S/c1-3-37-30-20-24(16-19-29(30)38-39(35,36)27-12-8-5-9-13-27)22-32-31-21-28(25-17-14-23(2)15-18-25)33-34(31)26-10-6-4-7-11-26/h4-15,17-18,20-22H,3H2,1-2H3. The summed E-state index contributed by atoms with van der Waals surface area (Å²) in [4.78, 5) is 4.71. The smallest absolute Gasteiger partial charge is 0.339 e. The van der Waals surface area contributed by atoms with E-state index in [9.17, 15) is 8.42 Å². The van der Waals surface area contributed by atoms with Gasteiger partial charge in [-0.1, -0.05) is 72.3 Å². The van der Waals surface area contributed by atoms with E-state index in [0.717, 1.165) is 16.9 Å². The molecule has 0 N–H and O–H groups in total. The predicted octanol–water partition coefficient (Wildman–Crippen LogP) is 6.37. The lowest BCUT2D eigenvalue weighted by atomic mass is 10.1. The first kappa shape index (κ1) is 25.8. The van der Waals surface area contributed by atoms with E-state index in [4.69, 9.17) is 14.0 Å². The van der Waals surface area contributed by atoms with Crippen LogP contribution in [0.25, 0.3) is 16.9 Å².